The molecule has 19 heavy (non-hydrogen) atoms. The van der Waals surface area contributed by atoms with Gasteiger partial charge in [-0.1, -0.05) is 13.8 Å². The van der Waals surface area contributed by atoms with Crippen molar-refractivity contribution >= 4 is 11.9 Å². The smallest absolute Gasteiger partial charge is 0.406 e. The SMILES string of the molecule is CC(C(=O)O)=C(C)C(=O)N(CC(C)C)CC(F)(F)F. The van der Waals surface area contributed by atoms with Crippen molar-refractivity contribution in [2.24, 2.45) is 5.92 Å². The molecule has 0 saturated carbocycles. The molecule has 1 N–H and O–H groups in total. The van der Waals surface area contributed by atoms with Crippen LogP contribution in [0.2, 0.25) is 0 Å². The molecule has 110 valence electrons. The molecule has 0 unspecified atom stereocenters. The monoisotopic (exact) mass is 281 g/mol. The van der Waals surface area contributed by atoms with E-state index >= 15 is 0 Å². The second-order valence-corrected chi connectivity index (χ2v) is 4.75. The molecule has 0 aromatic carbocycles. The van der Waals surface area contributed by atoms with Crippen molar-refractivity contribution in [3.8, 4) is 0 Å². The minimum absolute atomic E-state index is 0.0808. The summed E-state index contributed by atoms with van der Waals surface area (Å²) in [6.07, 6.45) is -4.51. The van der Waals surface area contributed by atoms with Gasteiger partial charge >= 0.3 is 12.1 Å². The summed E-state index contributed by atoms with van der Waals surface area (Å²) in [4.78, 5) is 23.3. The molecule has 0 rings (SSSR count). The Kier molecular flexibility index (Phi) is 6.05. The van der Waals surface area contributed by atoms with Gasteiger partial charge < -0.3 is 10.0 Å². The first kappa shape index (κ1) is 17.5. The zero-order chi connectivity index (χ0) is 15.4. The number of rotatable bonds is 5. The zero-order valence-corrected chi connectivity index (χ0v) is 11.3. The summed E-state index contributed by atoms with van der Waals surface area (Å²) in [5.74, 6) is -2.36. The molecular weight excluding hydrogens is 263 g/mol. The van der Waals surface area contributed by atoms with Crippen LogP contribution in [0.4, 0.5) is 13.2 Å². The van der Waals surface area contributed by atoms with Crippen LogP contribution in [0.1, 0.15) is 27.7 Å². The second-order valence-electron chi connectivity index (χ2n) is 4.75. The fraction of sp³-hybridized carbons (Fsp3) is 0.667. The molecule has 0 atom stereocenters. The quantitative estimate of drug-likeness (QED) is 0.787. The lowest BCUT2D eigenvalue weighted by Crippen LogP contribution is -2.41. The third-order valence-electron chi connectivity index (χ3n) is 2.45. The number of hydrogen-bond donors (Lipinski definition) is 1. The van der Waals surface area contributed by atoms with Crippen LogP contribution < -0.4 is 0 Å². The van der Waals surface area contributed by atoms with Crippen LogP contribution in [-0.2, 0) is 9.59 Å². The van der Waals surface area contributed by atoms with E-state index < -0.39 is 24.6 Å². The summed E-state index contributed by atoms with van der Waals surface area (Å²) in [6, 6.07) is 0. The lowest BCUT2D eigenvalue weighted by atomic mass is 10.1. The number of carboxylic acids is 1. The van der Waals surface area contributed by atoms with E-state index in [1.165, 1.54) is 13.8 Å². The molecule has 0 aliphatic rings. The standard InChI is InChI=1S/C12H18F3NO3/c1-7(2)5-16(6-12(13,14)15)10(17)8(3)9(4)11(18)19/h7H,5-6H2,1-4H3,(H,18,19). The first-order valence-electron chi connectivity index (χ1n) is 5.72. The second kappa shape index (κ2) is 6.58. The van der Waals surface area contributed by atoms with Crippen molar-refractivity contribution < 1.29 is 27.9 Å². The molecular formula is C12H18F3NO3. The summed E-state index contributed by atoms with van der Waals surface area (Å²) in [5, 5.41) is 8.75. The number of carbonyl (C=O) groups is 2. The van der Waals surface area contributed by atoms with Gasteiger partial charge in [0, 0.05) is 17.7 Å². The van der Waals surface area contributed by atoms with Gasteiger partial charge in [0.05, 0.1) is 0 Å². The highest BCUT2D eigenvalue weighted by Crippen LogP contribution is 2.19. The number of alkyl halides is 3. The molecule has 0 bridgehead atoms. The maximum Gasteiger partial charge on any atom is 0.406 e. The molecule has 0 aliphatic carbocycles. The molecule has 0 saturated heterocycles. The van der Waals surface area contributed by atoms with E-state index in [0.717, 1.165) is 0 Å². The van der Waals surface area contributed by atoms with Gasteiger partial charge in [0.1, 0.15) is 6.54 Å². The number of carboxylic acid groups (broad SMARTS) is 1. The predicted molar refractivity (Wildman–Crippen MR) is 63.5 cm³/mol. The van der Waals surface area contributed by atoms with Gasteiger partial charge in [-0.15, -0.1) is 0 Å². The van der Waals surface area contributed by atoms with Gasteiger partial charge in [-0.25, -0.2) is 4.79 Å². The topological polar surface area (TPSA) is 57.6 Å². The molecule has 0 heterocycles. The van der Waals surface area contributed by atoms with E-state index in [1.54, 1.807) is 13.8 Å². The Labute approximate surface area is 109 Å². The molecule has 4 nitrogen and oxygen atoms in total. The molecule has 0 spiro atoms. The van der Waals surface area contributed by atoms with Crippen LogP contribution in [-0.4, -0.2) is 41.1 Å². The number of amides is 1. The Bertz CT molecular complexity index is 386. The van der Waals surface area contributed by atoms with E-state index in [9.17, 15) is 22.8 Å². The molecule has 7 heteroatoms. The highest BCUT2D eigenvalue weighted by Gasteiger charge is 2.34. The fourth-order valence-electron chi connectivity index (χ4n) is 1.43. The highest BCUT2D eigenvalue weighted by atomic mass is 19.4. The Morgan fingerprint density at radius 2 is 1.63 bits per heavy atom. The molecule has 0 radical (unpaired) electrons. The normalized spacial score (nSPS) is 13.3. The van der Waals surface area contributed by atoms with E-state index in [0.29, 0.717) is 4.90 Å². The summed E-state index contributed by atoms with van der Waals surface area (Å²) < 4.78 is 37.2. The van der Waals surface area contributed by atoms with Gasteiger partial charge in [0.15, 0.2) is 0 Å². The Balaban J connectivity index is 5.22. The predicted octanol–water partition coefficient (Wildman–Crippen LogP) is 2.45. The van der Waals surface area contributed by atoms with Crippen molar-refractivity contribution in [3.05, 3.63) is 11.1 Å². The van der Waals surface area contributed by atoms with Crippen LogP contribution in [0.3, 0.4) is 0 Å². The first-order chi connectivity index (χ1) is 8.45. The lowest BCUT2D eigenvalue weighted by molar-refractivity contribution is -0.159. The summed E-state index contributed by atoms with van der Waals surface area (Å²) in [7, 11) is 0. The van der Waals surface area contributed by atoms with Crippen LogP contribution in [0.25, 0.3) is 0 Å². The maximum absolute atomic E-state index is 12.4. The van der Waals surface area contributed by atoms with Crippen LogP contribution in [0, 0.1) is 5.92 Å². The minimum atomic E-state index is -4.51. The van der Waals surface area contributed by atoms with Gasteiger partial charge in [-0.2, -0.15) is 13.2 Å². The Morgan fingerprint density at radius 3 is 1.95 bits per heavy atom. The number of halogens is 3. The molecule has 1 amide bonds. The van der Waals surface area contributed by atoms with Crippen molar-refractivity contribution in [2.75, 3.05) is 13.1 Å². The molecule has 0 aliphatic heterocycles. The van der Waals surface area contributed by atoms with Crippen molar-refractivity contribution in [1.29, 1.82) is 0 Å². The number of nitrogens with zero attached hydrogens (tertiary/aromatic N) is 1. The van der Waals surface area contributed by atoms with E-state index in [-0.39, 0.29) is 23.6 Å². The fourth-order valence-corrected chi connectivity index (χ4v) is 1.43. The zero-order valence-electron chi connectivity index (χ0n) is 11.3. The first-order valence-corrected chi connectivity index (χ1v) is 5.72. The summed E-state index contributed by atoms with van der Waals surface area (Å²) in [6.45, 7) is 4.31. The van der Waals surface area contributed by atoms with Crippen molar-refractivity contribution in [1.82, 2.24) is 4.90 Å². The van der Waals surface area contributed by atoms with Gasteiger partial charge in [-0.05, 0) is 19.8 Å². The van der Waals surface area contributed by atoms with Crippen LogP contribution in [0.5, 0.6) is 0 Å². The van der Waals surface area contributed by atoms with Gasteiger partial charge in [0.25, 0.3) is 0 Å². The van der Waals surface area contributed by atoms with Crippen LogP contribution in [0.15, 0.2) is 11.1 Å². The average Bonchev–Trinajstić information content (AvgIpc) is 2.22. The molecule has 0 aromatic rings. The largest absolute Gasteiger partial charge is 0.478 e. The highest BCUT2D eigenvalue weighted by molar-refractivity contribution is 6.01. The third kappa shape index (κ3) is 6.26. The number of aliphatic carboxylic acids is 1. The minimum Gasteiger partial charge on any atom is -0.478 e. The molecule has 0 aromatic heterocycles. The maximum atomic E-state index is 12.4. The molecule has 0 fully saturated rings. The number of hydrogen-bond acceptors (Lipinski definition) is 2. The summed E-state index contributed by atoms with van der Waals surface area (Å²) >= 11 is 0. The lowest BCUT2D eigenvalue weighted by Gasteiger charge is -2.26. The van der Waals surface area contributed by atoms with Gasteiger partial charge in [0.2, 0.25) is 5.91 Å². The van der Waals surface area contributed by atoms with Gasteiger partial charge in [-0.3, -0.25) is 4.79 Å². The van der Waals surface area contributed by atoms with Crippen molar-refractivity contribution in [3.63, 3.8) is 0 Å². The Morgan fingerprint density at radius 1 is 1.16 bits per heavy atom. The van der Waals surface area contributed by atoms with Crippen LogP contribution >= 0.6 is 0 Å². The summed E-state index contributed by atoms with van der Waals surface area (Å²) in [5.41, 5.74) is -0.432. The Hall–Kier alpha value is -1.53. The van der Waals surface area contributed by atoms with E-state index in [2.05, 4.69) is 0 Å². The van der Waals surface area contributed by atoms with E-state index in [4.69, 9.17) is 5.11 Å². The third-order valence-corrected chi connectivity index (χ3v) is 2.45. The van der Waals surface area contributed by atoms with Crippen molar-refractivity contribution in [2.45, 2.75) is 33.9 Å². The number of carbonyl (C=O) groups excluding carboxylic acids is 1. The average molecular weight is 281 g/mol. The van der Waals surface area contributed by atoms with E-state index in [1.807, 2.05) is 0 Å².